The minimum Gasteiger partial charge on any atom is -0.444 e. The molecule has 6 heteroatoms. The molecular weight excluding hydrogens is 296 g/mol. The number of hydrogen-bond acceptors (Lipinski definition) is 4. The molecule has 0 aromatic rings. The van der Waals surface area contributed by atoms with Gasteiger partial charge in [0, 0.05) is 38.8 Å². The smallest absolute Gasteiger partial charge is 0.407 e. The maximum Gasteiger partial charge on any atom is 0.407 e. The molecular formula is C17H30N2O4. The second-order valence-electron chi connectivity index (χ2n) is 7.54. The Morgan fingerprint density at radius 2 is 1.74 bits per heavy atom. The fourth-order valence-corrected chi connectivity index (χ4v) is 3.10. The van der Waals surface area contributed by atoms with Gasteiger partial charge < -0.3 is 19.7 Å². The predicted octanol–water partition coefficient (Wildman–Crippen LogP) is 2.18. The van der Waals surface area contributed by atoms with Gasteiger partial charge in [-0.2, -0.15) is 0 Å². The lowest BCUT2D eigenvalue weighted by Gasteiger charge is -2.35. The van der Waals surface area contributed by atoms with Crippen LogP contribution in [0.5, 0.6) is 0 Å². The van der Waals surface area contributed by atoms with Crippen molar-refractivity contribution in [3.8, 4) is 0 Å². The van der Waals surface area contributed by atoms with Gasteiger partial charge in [0.25, 0.3) is 0 Å². The van der Waals surface area contributed by atoms with Crippen LogP contribution in [0, 0.1) is 11.8 Å². The highest BCUT2D eigenvalue weighted by Gasteiger charge is 2.29. The van der Waals surface area contributed by atoms with Crippen molar-refractivity contribution < 1.29 is 19.1 Å². The Kier molecular flexibility index (Phi) is 6.27. The Morgan fingerprint density at radius 3 is 2.30 bits per heavy atom. The van der Waals surface area contributed by atoms with E-state index in [-0.39, 0.29) is 17.9 Å². The third-order valence-electron chi connectivity index (χ3n) is 4.43. The Balaban J connectivity index is 1.67. The zero-order valence-electron chi connectivity index (χ0n) is 14.6. The Labute approximate surface area is 138 Å². The summed E-state index contributed by atoms with van der Waals surface area (Å²) in [6, 6.07) is 0. The topological polar surface area (TPSA) is 67.9 Å². The summed E-state index contributed by atoms with van der Waals surface area (Å²) in [5, 5.41) is 2.84. The number of alkyl carbamates (subject to hydrolysis) is 1. The molecule has 6 nitrogen and oxygen atoms in total. The van der Waals surface area contributed by atoms with Crippen LogP contribution in [0.1, 0.15) is 46.5 Å². The van der Waals surface area contributed by atoms with Crippen LogP contribution >= 0.6 is 0 Å². The number of amides is 2. The first-order valence-corrected chi connectivity index (χ1v) is 8.68. The van der Waals surface area contributed by atoms with E-state index in [0.29, 0.717) is 25.7 Å². The van der Waals surface area contributed by atoms with Crippen molar-refractivity contribution >= 4 is 12.0 Å². The minimum atomic E-state index is -0.469. The summed E-state index contributed by atoms with van der Waals surface area (Å²) >= 11 is 0. The average Bonchev–Trinajstić information content (AvgIpc) is 2.52. The van der Waals surface area contributed by atoms with E-state index in [1.807, 2.05) is 25.7 Å². The van der Waals surface area contributed by atoms with Crippen molar-refractivity contribution in [1.82, 2.24) is 10.2 Å². The summed E-state index contributed by atoms with van der Waals surface area (Å²) < 4.78 is 10.6. The van der Waals surface area contributed by atoms with Crippen LogP contribution in [0.25, 0.3) is 0 Å². The first-order chi connectivity index (χ1) is 10.8. The molecule has 2 rings (SSSR count). The molecule has 2 aliphatic rings. The van der Waals surface area contributed by atoms with Crippen molar-refractivity contribution in [2.24, 2.45) is 11.8 Å². The van der Waals surface area contributed by atoms with Crippen LogP contribution in [0.4, 0.5) is 4.79 Å². The van der Waals surface area contributed by atoms with Gasteiger partial charge in [0.2, 0.25) is 5.91 Å². The van der Waals surface area contributed by atoms with Crippen molar-refractivity contribution in [3.05, 3.63) is 0 Å². The molecule has 0 aromatic carbocycles. The number of piperidine rings is 1. The van der Waals surface area contributed by atoms with E-state index in [4.69, 9.17) is 9.47 Å². The van der Waals surface area contributed by atoms with E-state index in [0.717, 1.165) is 38.8 Å². The molecule has 23 heavy (non-hydrogen) atoms. The molecule has 2 fully saturated rings. The number of nitrogens with zero attached hydrogens (tertiary/aromatic N) is 1. The van der Waals surface area contributed by atoms with Gasteiger partial charge >= 0.3 is 6.09 Å². The fraction of sp³-hybridized carbons (Fsp3) is 0.882. The van der Waals surface area contributed by atoms with Crippen molar-refractivity contribution in [1.29, 1.82) is 0 Å². The minimum absolute atomic E-state index is 0.139. The van der Waals surface area contributed by atoms with Gasteiger partial charge in [-0.05, 0) is 52.4 Å². The standard InChI is InChI=1S/C17H30N2O4/c1-17(2,3)23-16(21)18-12-13-4-8-19(9-5-13)15(20)14-6-10-22-11-7-14/h13-14H,4-12H2,1-3H3,(H,18,21). The van der Waals surface area contributed by atoms with Gasteiger partial charge in [-0.25, -0.2) is 4.79 Å². The van der Waals surface area contributed by atoms with E-state index in [2.05, 4.69) is 5.32 Å². The Hall–Kier alpha value is -1.30. The number of ether oxygens (including phenoxy) is 2. The molecule has 0 radical (unpaired) electrons. The van der Waals surface area contributed by atoms with Gasteiger partial charge in [-0.1, -0.05) is 0 Å². The molecule has 2 saturated heterocycles. The van der Waals surface area contributed by atoms with Gasteiger partial charge in [0.1, 0.15) is 5.60 Å². The Bertz CT molecular complexity index is 405. The molecule has 0 unspecified atom stereocenters. The number of rotatable bonds is 3. The molecule has 0 aliphatic carbocycles. The number of carbonyl (C=O) groups excluding carboxylic acids is 2. The normalized spacial score (nSPS) is 21.1. The largest absolute Gasteiger partial charge is 0.444 e. The lowest BCUT2D eigenvalue weighted by atomic mass is 9.93. The van der Waals surface area contributed by atoms with E-state index in [9.17, 15) is 9.59 Å². The Morgan fingerprint density at radius 1 is 1.13 bits per heavy atom. The molecule has 132 valence electrons. The van der Waals surface area contributed by atoms with E-state index in [1.54, 1.807) is 0 Å². The zero-order valence-corrected chi connectivity index (χ0v) is 14.6. The van der Waals surface area contributed by atoms with Crippen LogP contribution in [0.2, 0.25) is 0 Å². The maximum absolute atomic E-state index is 12.5. The van der Waals surface area contributed by atoms with Crippen LogP contribution < -0.4 is 5.32 Å². The summed E-state index contributed by atoms with van der Waals surface area (Å²) in [6.45, 7) is 9.16. The first-order valence-electron chi connectivity index (χ1n) is 8.68. The molecule has 2 heterocycles. The second kappa shape index (κ2) is 7.99. The lowest BCUT2D eigenvalue weighted by molar-refractivity contribution is -0.139. The lowest BCUT2D eigenvalue weighted by Crippen LogP contribution is -2.45. The van der Waals surface area contributed by atoms with Crippen molar-refractivity contribution in [3.63, 3.8) is 0 Å². The quantitative estimate of drug-likeness (QED) is 0.863. The van der Waals surface area contributed by atoms with E-state index < -0.39 is 5.60 Å². The molecule has 0 spiro atoms. The second-order valence-corrected chi connectivity index (χ2v) is 7.54. The number of nitrogens with one attached hydrogen (secondary N) is 1. The summed E-state index contributed by atoms with van der Waals surface area (Å²) in [6.07, 6.45) is 3.20. The molecule has 0 atom stereocenters. The SMILES string of the molecule is CC(C)(C)OC(=O)NCC1CCN(C(=O)C2CCOCC2)CC1. The van der Waals surface area contributed by atoms with Crippen molar-refractivity contribution in [2.75, 3.05) is 32.8 Å². The summed E-state index contributed by atoms with van der Waals surface area (Å²) in [4.78, 5) is 26.1. The van der Waals surface area contributed by atoms with Crippen LogP contribution in [0.3, 0.4) is 0 Å². The molecule has 0 saturated carbocycles. The number of hydrogen-bond donors (Lipinski definition) is 1. The summed E-state index contributed by atoms with van der Waals surface area (Å²) in [5.74, 6) is 0.841. The molecule has 1 N–H and O–H groups in total. The molecule has 0 aromatic heterocycles. The highest BCUT2D eigenvalue weighted by Crippen LogP contribution is 2.22. The average molecular weight is 326 g/mol. The maximum atomic E-state index is 12.5. The fourth-order valence-electron chi connectivity index (χ4n) is 3.10. The van der Waals surface area contributed by atoms with Gasteiger partial charge in [0.15, 0.2) is 0 Å². The summed E-state index contributed by atoms with van der Waals surface area (Å²) in [5.41, 5.74) is -0.469. The number of likely N-dealkylation sites (tertiary alicyclic amines) is 1. The first kappa shape index (κ1) is 18.0. The highest BCUT2D eigenvalue weighted by atomic mass is 16.6. The van der Waals surface area contributed by atoms with Gasteiger partial charge in [-0.3, -0.25) is 4.79 Å². The molecule has 0 bridgehead atoms. The highest BCUT2D eigenvalue weighted by molar-refractivity contribution is 5.79. The summed E-state index contributed by atoms with van der Waals surface area (Å²) in [7, 11) is 0. The van der Waals surface area contributed by atoms with Gasteiger partial charge in [0.05, 0.1) is 0 Å². The monoisotopic (exact) mass is 326 g/mol. The third-order valence-corrected chi connectivity index (χ3v) is 4.43. The van der Waals surface area contributed by atoms with Crippen LogP contribution in [0.15, 0.2) is 0 Å². The zero-order chi connectivity index (χ0) is 16.9. The third kappa shape index (κ3) is 6.01. The van der Waals surface area contributed by atoms with E-state index in [1.165, 1.54) is 0 Å². The molecule has 2 aliphatic heterocycles. The van der Waals surface area contributed by atoms with Crippen molar-refractivity contribution in [2.45, 2.75) is 52.1 Å². The van der Waals surface area contributed by atoms with Crippen LogP contribution in [-0.4, -0.2) is 55.3 Å². The van der Waals surface area contributed by atoms with Crippen LogP contribution in [-0.2, 0) is 14.3 Å². The number of carbonyl (C=O) groups is 2. The predicted molar refractivity (Wildman–Crippen MR) is 87.1 cm³/mol. The van der Waals surface area contributed by atoms with Gasteiger partial charge in [-0.15, -0.1) is 0 Å². The van der Waals surface area contributed by atoms with E-state index >= 15 is 0 Å². The molecule has 2 amide bonds.